The molecule has 3 aliphatic rings. The Bertz CT molecular complexity index is 521. The van der Waals surface area contributed by atoms with Crippen molar-refractivity contribution in [3.05, 3.63) is 22.4 Å². The molecular formula is C18H26N2O. The molecular weight excluding hydrogens is 260 g/mol. The van der Waals surface area contributed by atoms with Crippen molar-refractivity contribution in [2.24, 2.45) is 5.73 Å². The van der Waals surface area contributed by atoms with E-state index in [0.717, 1.165) is 32.2 Å². The number of nitrogens with two attached hydrogens (primary N) is 1. The van der Waals surface area contributed by atoms with Crippen LogP contribution < -0.4 is 5.73 Å². The van der Waals surface area contributed by atoms with Crippen molar-refractivity contribution in [2.45, 2.75) is 64.0 Å². The summed E-state index contributed by atoms with van der Waals surface area (Å²) in [6, 6.07) is 0. The highest BCUT2D eigenvalue weighted by molar-refractivity contribution is 5.46. The fourth-order valence-corrected chi connectivity index (χ4v) is 3.68. The summed E-state index contributed by atoms with van der Waals surface area (Å²) in [5.74, 6) is 6.89. The Hall–Kier alpha value is -1.24. The van der Waals surface area contributed by atoms with E-state index in [1.54, 1.807) is 0 Å². The predicted molar refractivity (Wildman–Crippen MR) is 85.1 cm³/mol. The van der Waals surface area contributed by atoms with Gasteiger partial charge in [-0.2, -0.15) is 0 Å². The molecule has 0 aromatic heterocycles. The van der Waals surface area contributed by atoms with Gasteiger partial charge in [0.05, 0.1) is 0 Å². The molecule has 0 aromatic rings. The molecule has 0 spiro atoms. The van der Waals surface area contributed by atoms with Gasteiger partial charge >= 0.3 is 0 Å². The third-order valence-corrected chi connectivity index (χ3v) is 4.88. The van der Waals surface area contributed by atoms with Crippen LogP contribution in [0.25, 0.3) is 0 Å². The number of hydrogen-bond acceptors (Lipinski definition) is 3. The molecule has 0 saturated heterocycles. The zero-order valence-corrected chi connectivity index (χ0v) is 12.8. The van der Waals surface area contributed by atoms with Crippen LogP contribution in [0, 0.1) is 11.8 Å². The number of nitrogens with zero attached hydrogens (tertiary/aromatic N) is 1. The first-order chi connectivity index (χ1) is 10.3. The van der Waals surface area contributed by atoms with Crippen LogP contribution in [0.15, 0.2) is 22.4 Å². The molecule has 3 N–H and O–H groups in total. The van der Waals surface area contributed by atoms with Crippen LogP contribution in [-0.4, -0.2) is 29.3 Å². The van der Waals surface area contributed by atoms with Crippen LogP contribution in [-0.2, 0) is 0 Å². The molecule has 0 radical (unpaired) electrons. The van der Waals surface area contributed by atoms with Crippen molar-refractivity contribution in [3.8, 4) is 11.8 Å². The van der Waals surface area contributed by atoms with Gasteiger partial charge in [-0.15, -0.1) is 0 Å². The second-order valence-corrected chi connectivity index (χ2v) is 6.36. The Morgan fingerprint density at radius 3 is 2.48 bits per heavy atom. The number of rotatable bonds is 3. The molecule has 1 heterocycles. The number of allylic oxidation sites excluding steroid dienone is 3. The van der Waals surface area contributed by atoms with Crippen molar-refractivity contribution in [1.29, 1.82) is 0 Å². The van der Waals surface area contributed by atoms with Crippen LogP contribution in [0.5, 0.6) is 0 Å². The van der Waals surface area contributed by atoms with Crippen molar-refractivity contribution in [1.82, 2.24) is 4.90 Å². The van der Waals surface area contributed by atoms with Crippen molar-refractivity contribution in [3.63, 3.8) is 0 Å². The van der Waals surface area contributed by atoms with E-state index in [2.05, 4.69) is 16.7 Å². The number of hydrogen-bond donors (Lipinski definition) is 2. The highest BCUT2D eigenvalue weighted by atomic mass is 16.3. The summed E-state index contributed by atoms with van der Waals surface area (Å²) in [5, 5.41) is 10.6. The maximum absolute atomic E-state index is 10.6. The number of aliphatic hydroxyl groups excluding tert-OH is 1. The molecule has 1 atom stereocenters. The molecule has 3 nitrogen and oxygen atoms in total. The minimum Gasteiger partial charge on any atom is -0.374 e. The van der Waals surface area contributed by atoms with Crippen LogP contribution in [0.4, 0.5) is 0 Å². The zero-order chi connectivity index (χ0) is 14.7. The first-order valence-corrected chi connectivity index (χ1v) is 8.39. The molecule has 1 aliphatic heterocycles. The third-order valence-electron chi connectivity index (χ3n) is 4.88. The molecule has 21 heavy (non-hydrogen) atoms. The summed E-state index contributed by atoms with van der Waals surface area (Å²) < 4.78 is 0. The van der Waals surface area contributed by atoms with E-state index in [-0.39, 0.29) is 0 Å². The minimum atomic E-state index is -0.464. The molecule has 2 aliphatic carbocycles. The molecule has 3 heteroatoms. The van der Waals surface area contributed by atoms with Crippen LogP contribution >= 0.6 is 0 Å². The first kappa shape index (κ1) is 14.7. The first-order valence-electron chi connectivity index (χ1n) is 8.39. The zero-order valence-electron chi connectivity index (χ0n) is 12.8. The quantitative estimate of drug-likeness (QED) is 0.784. The van der Waals surface area contributed by atoms with Crippen LogP contribution in [0.2, 0.25) is 0 Å². The van der Waals surface area contributed by atoms with Gasteiger partial charge in [-0.3, -0.25) is 0 Å². The average Bonchev–Trinajstić information content (AvgIpc) is 2.50. The minimum absolute atomic E-state index is 0.464. The maximum Gasteiger partial charge on any atom is 0.128 e. The highest BCUT2D eigenvalue weighted by Gasteiger charge is 2.26. The monoisotopic (exact) mass is 286 g/mol. The van der Waals surface area contributed by atoms with Gasteiger partial charge in [-0.05, 0) is 63.5 Å². The molecule has 0 amide bonds. The lowest BCUT2D eigenvalue weighted by Crippen LogP contribution is -2.39. The lowest BCUT2D eigenvalue weighted by atomic mass is 9.88. The lowest BCUT2D eigenvalue weighted by molar-refractivity contribution is 0.0245. The van der Waals surface area contributed by atoms with Crippen LogP contribution in [0.1, 0.15) is 57.8 Å². The van der Waals surface area contributed by atoms with Gasteiger partial charge < -0.3 is 15.7 Å². The van der Waals surface area contributed by atoms with E-state index in [1.807, 2.05) is 0 Å². The Morgan fingerprint density at radius 1 is 1.00 bits per heavy atom. The van der Waals surface area contributed by atoms with E-state index in [0.29, 0.717) is 13.0 Å². The van der Waals surface area contributed by atoms with Crippen molar-refractivity contribution >= 4 is 0 Å². The third kappa shape index (κ3) is 3.17. The fourth-order valence-electron chi connectivity index (χ4n) is 3.68. The van der Waals surface area contributed by atoms with Crippen LogP contribution in [0.3, 0.4) is 0 Å². The van der Waals surface area contributed by atoms with Gasteiger partial charge in [-0.1, -0.05) is 11.8 Å². The summed E-state index contributed by atoms with van der Waals surface area (Å²) in [6.07, 6.45) is 9.48. The smallest absolute Gasteiger partial charge is 0.128 e. The SMILES string of the molecule is NCC[C@H](O)N1CC2=C(C#CC3=C1CCCC3)CCCC2. The topological polar surface area (TPSA) is 49.5 Å². The normalized spacial score (nSPS) is 23.6. The second-order valence-electron chi connectivity index (χ2n) is 6.36. The molecule has 0 saturated carbocycles. The van der Waals surface area contributed by atoms with Gasteiger partial charge in [0.15, 0.2) is 0 Å². The Labute approximate surface area is 127 Å². The van der Waals surface area contributed by atoms with E-state index >= 15 is 0 Å². The average molecular weight is 286 g/mol. The van der Waals surface area contributed by atoms with E-state index < -0.39 is 6.23 Å². The maximum atomic E-state index is 10.6. The lowest BCUT2D eigenvalue weighted by Gasteiger charge is -2.37. The summed E-state index contributed by atoms with van der Waals surface area (Å²) in [7, 11) is 0. The summed E-state index contributed by atoms with van der Waals surface area (Å²) in [5.41, 5.74) is 11.0. The van der Waals surface area contributed by atoms with Crippen molar-refractivity contribution in [2.75, 3.05) is 13.1 Å². The predicted octanol–water partition coefficient (Wildman–Crippen LogP) is 2.67. The Balaban J connectivity index is 1.97. The summed E-state index contributed by atoms with van der Waals surface area (Å²) in [6.45, 7) is 1.38. The summed E-state index contributed by atoms with van der Waals surface area (Å²) >= 11 is 0. The molecule has 0 aromatic carbocycles. The standard InChI is InChI=1S/C18H26N2O/c19-12-11-18(21)20-13-16-7-2-1-5-14(16)9-10-15-6-3-4-8-17(15)20/h18,21H,1-8,11-13,19H2/t18-/m0/s1. The largest absolute Gasteiger partial charge is 0.374 e. The Kier molecular flexibility index (Phi) is 4.67. The van der Waals surface area contributed by atoms with E-state index in [4.69, 9.17) is 5.73 Å². The van der Waals surface area contributed by atoms with Gasteiger partial charge in [0.1, 0.15) is 6.23 Å². The van der Waals surface area contributed by atoms with Gasteiger partial charge in [0, 0.05) is 29.8 Å². The summed E-state index contributed by atoms with van der Waals surface area (Å²) in [4.78, 5) is 2.20. The number of aliphatic hydroxyl groups is 1. The Morgan fingerprint density at radius 2 is 1.67 bits per heavy atom. The van der Waals surface area contributed by atoms with Gasteiger partial charge in [-0.25, -0.2) is 0 Å². The van der Waals surface area contributed by atoms with Gasteiger partial charge in [0.2, 0.25) is 0 Å². The molecule has 0 bridgehead atoms. The van der Waals surface area contributed by atoms with Crippen molar-refractivity contribution < 1.29 is 5.11 Å². The molecule has 3 rings (SSSR count). The molecule has 0 unspecified atom stereocenters. The van der Waals surface area contributed by atoms with E-state index in [1.165, 1.54) is 48.1 Å². The second kappa shape index (κ2) is 6.68. The van der Waals surface area contributed by atoms with Gasteiger partial charge in [0.25, 0.3) is 0 Å². The highest BCUT2D eigenvalue weighted by Crippen LogP contribution is 2.33. The molecule has 114 valence electrons. The fraction of sp³-hybridized carbons (Fsp3) is 0.667. The molecule has 0 fully saturated rings. The van der Waals surface area contributed by atoms with E-state index in [9.17, 15) is 5.11 Å².